The smallest absolute Gasteiger partial charge is 0.255 e. The molecule has 1 aromatic heterocycles. The summed E-state index contributed by atoms with van der Waals surface area (Å²) in [6, 6.07) is 2.05. The van der Waals surface area contributed by atoms with Gasteiger partial charge < -0.3 is 20.4 Å². The number of piperidine rings is 1. The van der Waals surface area contributed by atoms with Crippen LogP contribution in [0, 0.1) is 19.8 Å². The molecule has 2 unspecified atom stereocenters. The van der Waals surface area contributed by atoms with Gasteiger partial charge in [0.25, 0.3) is 5.91 Å². The molecule has 2 atom stereocenters. The van der Waals surface area contributed by atoms with Crippen molar-refractivity contribution in [1.82, 2.24) is 10.2 Å². The topological polar surface area (TPSA) is 88.6 Å². The zero-order valence-corrected chi connectivity index (χ0v) is 16.4. The van der Waals surface area contributed by atoms with E-state index in [-0.39, 0.29) is 42.2 Å². The van der Waals surface area contributed by atoms with Gasteiger partial charge in [0, 0.05) is 31.1 Å². The summed E-state index contributed by atoms with van der Waals surface area (Å²) in [6.07, 6.45) is 5.45. The van der Waals surface area contributed by atoms with Crippen molar-refractivity contribution >= 4 is 24.2 Å². The summed E-state index contributed by atoms with van der Waals surface area (Å²) in [4.78, 5) is 27.0. The molecule has 0 aromatic carbocycles. The van der Waals surface area contributed by atoms with Gasteiger partial charge in [0.1, 0.15) is 11.5 Å². The van der Waals surface area contributed by atoms with Gasteiger partial charge in [-0.3, -0.25) is 9.59 Å². The van der Waals surface area contributed by atoms with Gasteiger partial charge >= 0.3 is 0 Å². The predicted octanol–water partition coefficient (Wildman–Crippen LogP) is 2.56. The third kappa shape index (κ3) is 4.80. The van der Waals surface area contributed by atoms with Gasteiger partial charge in [-0.05, 0) is 52.0 Å². The lowest BCUT2D eigenvalue weighted by molar-refractivity contribution is -0.137. The lowest BCUT2D eigenvalue weighted by Crippen LogP contribution is -2.49. The van der Waals surface area contributed by atoms with E-state index in [2.05, 4.69) is 5.32 Å². The standard InChI is InChI=1S/C19H29N3O3.ClH/c1-12-10-17(13(2)25-12)18(23)21-16-6-8-22(9-7-16)19(24)14-4-3-5-15(20)11-14;/h10,14-16H,3-9,11,20H2,1-2H3,(H,21,23);1H. The van der Waals surface area contributed by atoms with Gasteiger partial charge in [0.2, 0.25) is 5.91 Å². The van der Waals surface area contributed by atoms with Gasteiger partial charge in [-0.15, -0.1) is 12.4 Å². The number of furan rings is 1. The number of nitrogens with zero attached hydrogens (tertiary/aromatic N) is 1. The zero-order chi connectivity index (χ0) is 18.0. The van der Waals surface area contributed by atoms with Crippen LogP contribution >= 0.6 is 12.4 Å². The molecule has 146 valence electrons. The highest BCUT2D eigenvalue weighted by Crippen LogP contribution is 2.26. The normalized spacial score (nSPS) is 24.0. The molecular formula is C19H30ClN3O3. The Labute approximate surface area is 161 Å². The van der Waals surface area contributed by atoms with Gasteiger partial charge in [0.05, 0.1) is 5.56 Å². The average Bonchev–Trinajstić information content (AvgIpc) is 2.93. The van der Waals surface area contributed by atoms with E-state index in [1.54, 1.807) is 13.0 Å². The van der Waals surface area contributed by atoms with Crippen LogP contribution in [0.5, 0.6) is 0 Å². The summed E-state index contributed by atoms with van der Waals surface area (Å²) < 4.78 is 5.43. The number of nitrogens with one attached hydrogen (secondary N) is 1. The van der Waals surface area contributed by atoms with Gasteiger partial charge in [-0.25, -0.2) is 0 Å². The van der Waals surface area contributed by atoms with E-state index in [4.69, 9.17) is 10.2 Å². The first-order valence-corrected chi connectivity index (χ1v) is 9.36. The highest BCUT2D eigenvalue weighted by Gasteiger charge is 2.31. The molecular weight excluding hydrogens is 354 g/mol. The number of carbonyl (C=O) groups is 2. The minimum Gasteiger partial charge on any atom is -0.466 e. The summed E-state index contributed by atoms with van der Waals surface area (Å²) in [6.45, 7) is 5.06. The number of halogens is 1. The Hall–Kier alpha value is -1.53. The van der Waals surface area contributed by atoms with Crippen molar-refractivity contribution in [1.29, 1.82) is 0 Å². The summed E-state index contributed by atoms with van der Waals surface area (Å²) in [7, 11) is 0. The van der Waals surface area contributed by atoms with Gasteiger partial charge in [0.15, 0.2) is 0 Å². The Morgan fingerprint density at radius 1 is 1.19 bits per heavy atom. The monoisotopic (exact) mass is 383 g/mol. The number of hydrogen-bond acceptors (Lipinski definition) is 4. The molecule has 2 amide bonds. The van der Waals surface area contributed by atoms with E-state index < -0.39 is 0 Å². The second-order valence-electron chi connectivity index (χ2n) is 7.52. The van der Waals surface area contributed by atoms with Crippen LogP contribution in [-0.2, 0) is 4.79 Å². The van der Waals surface area contributed by atoms with Crippen molar-refractivity contribution in [2.45, 2.75) is 64.5 Å². The van der Waals surface area contributed by atoms with Gasteiger partial charge in [-0.2, -0.15) is 0 Å². The summed E-state index contributed by atoms with van der Waals surface area (Å²) >= 11 is 0. The lowest BCUT2D eigenvalue weighted by atomic mass is 9.85. The quantitative estimate of drug-likeness (QED) is 0.839. The van der Waals surface area contributed by atoms with Crippen LogP contribution < -0.4 is 11.1 Å². The van der Waals surface area contributed by atoms with Gasteiger partial charge in [-0.1, -0.05) is 6.42 Å². The second kappa shape index (κ2) is 8.91. The second-order valence-corrected chi connectivity index (χ2v) is 7.52. The Bertz CT molecular complexity index is 638. The van der Waals surface area contributed by atoms with Crippen molar-refractivity contribution < 1.29 is 14.0 Å². The van der Waals surface area contributed by atoms with Crippen LogP contribution in [-0.4, -0.2) is 41.9 Å². The van der Waals surface area contributed by atoms with E-state index in [1.165, 1.54) is 0 Å². The van der Waals surface area contributed by atoms with E-state index in [1.807, 2.05) is 11.8 Å². The molecule has 0 spiro atoms. The SMILES string of the molecule is Cc1cc(C(=O)NC2CCN(C(=O)C3CCCC(N)C3)CC2)c(C)o1.Cl. The molecule has 2 heterocycles. The fourth-order valence-corrected chi connectivity index (χ4v) is 4.07. The number of rotatable bonds is 3. The molecule has 1 saturated heterocycles. The first kappa shape index (κ1) is 20.8. The predicted molar refractivity (Wildman–Crippen MR) is 102 cm³/mol. The number of likely N-dealkylation sites (tertiary alicyclic amines) is 1. The Kier molecular flexibility index (Phi) is 7.12. The van der Waals surface area contributed by atoms with E-state index in [0.29, 0.717) is 24.4 Å². The molecule has 1 saturated carbocycles. The van der Waals surface area contributed by atoms with Crippen LogP contribution in [0.1, 0.15) is 60.4 Å². The highest BCUT2D eigenvalue weighted by molar-refractivity contribution is 5.95. The Morgan fingerprint density at radius 2 is 1.88 bits per heavy atom. The minimum atomic E-state index is -0.0858. The molecule has 2 fully saturated rings. The molecule has 0 radical (unpaired) electrons. The number of carbonyl (C=O) groups excluding carboxylic acids is 2. The maximum absolute atomic E-state index is 12.7. The van der Waals surface area contributed by atoms with E-state index >= 15 is 0 Å². The highest BCUT2D eigenvalue weighted by atomic mass is 35.5. The first-order valence-electron chi connectivity index (χ1n) is 9.36. The van der Waals surface area contributed by atoms with Crippen molar-refractivity contribution in [2.24, 2.45) is 11.7 Å². The molecule has 2 aliphatic rings. The van der Waals surface area contributed by atoms with Crippen molar-refractivity contribution in [3.05, 3.63) is 23.2 Å². The van der Waals surface area contributed by atoms with Crippen molar-refractivity contribution in [3.63, 3.8) is 0 Å². The summed E-state index contributed by atoms with van der Waals surface area (Å²) in [5.41, 5.74) is 6.62. The van der Waals surface area contributed by atoms with Crippen molar-refractivity contribution in [3.8, 4) is 0 Å². The molecule has 7 heteroatoms. The maximum Gasteiger partial charge on any atom is 0.255 e. The van der Waals surface area contributed by atoms with Crippen molar-refractivity contribution in [2.75, 3.05) is 13.1 Å². The fraction of sp³-hybridized carbons (Fsp3) is 0.684. The Morgan fingerprint density at radius 3 is 2.46 bits per heavy atom. The average molecular weight is 384 g/mol. The van der Waals surface area contributed by atoms with Crippen LogP contribution in [0.15, 0.2) is 10.5 Å². The molecule has 1 aliphatic heterocycles. The van der Waals surface area contributed by atoms with E-state index in [0.717, 1.165) is 44.3 Å². The third-order valence-electron chi connectivity index (χ3n) is 5.49. The lowest BCUT2D eigenvalue weighted by Gasteiger charge is -2.36. The summed E-state index contributed by atoms with van der Waals surface area (Å²) in [5, 5.41) is 3.08. The summed E-state index contributed by atoms with van der Waals surface area (Å²) in [5.74, 6) is 1.65. The molecule has 1 aromatic rings. The molecule has 3 rings (SSSR count). The molecule has 0 bridgehead atoms. The largest absolute Gasteiger partial charge is 0.466 e. The van der Waals surface area contributed by atoms with Crippen LogP contribution in [0.4, 0.5) is 0 Å². The molecule has 1 aliphatic carbocycles. The Balaban J connectivity index is 0.00000243. The number of nitrogens with two attached hydrogens (primary N) is 1. The number of hydrogen-bond donors (Lipinski definition) is 2. The maximum atomic E-state index is 12.7. The fourth-order valence-electron chi connectivity index (χ4n) is 4.07. The third-order valence-corrected chi connectivity index (χ3v) is 5.49. The van der Waals surface area contributed by atoms with Crippen LogP contribution in [0.25, 0.3) is 0 Å². The number of aryl methyl sites for hydroxylation is 2. The van der Waals surface area contributed by atoms with Crippen LogP contribution in [0.2, 0.25) is 0 Å². The van der Waals surface area contributed by atoms with E-state index in [9.17, 15) is 9.59 Å². The molecule has 26 heavy (non-hydrogen) atoms. The molecule has 6 nitrogen and oxygen atoms in total. The minimum absolute atomic E-state index is 0. The zero-order valence-electron chi connectivity index (χ0n) is 15.6. The first-order chi connectivity index (χ1) is 11.9. The molecule has 3 N–H and O–H groups in total. The van der Waals surface area contributed by atoms with Crippen LogP contribution in [0.3, 0.4) is 0 Å². The number of amides is 2.